The maximum atomic E-state index is 4.64. The van der Waals surface area contributed by atoms with Gasteiger partial charge in [0.2, 0.25) is 0 Å². The quantitative estimate of drug-likeness (QED) is 0.654. The average molecular weight is 272 g/mol. The highest BCUT2D eigenvalue weighted by atomic mass is 14.8. The van der Waals surface area contributed by atoms with Crippen molar-refractivity contribution in [3.63, 3.8) is 0 Å². The summed E-state index contributed by atoms with van der Waals surface area (Å²) in [5.41, 5.74) is 7.14. The van der Waals surface area contributed by atoms with Crippen LogP contribution in [0.1, 0.15) is 25.0 Å². The normalized spacial score (nSPS) is 14.6. The Kier molecular flexibility index (Phi) is 2.49. The molecule has 21 heavy (non-hydrogen) atoms. The molecule has 0 bridgehead atoms. The second-order valence-corrected chi connectivity index (χ2v) is 6.00. The molecule has 0 aliphatic heterocycles. The first-order valence-electron chi connectivity index (χ1n) is 7.20. The number of nitrogens with zero attached hydrogens (tertiary/aromatic N) is 2. The van der Waals surface area contributed by atoms with Gasteiger partial charge in [-0.15, -0.1) is 0 Å². The molecule has 0 saturated heterocycles. The molecule has 4 rings (SSSR count). The second-order valence-electron chi connectivity index (χ2n) is 6.00. The van der Waals surface area contributed by atoms with Gasteiger partial charge in [-0.1, -0.05) is 44.2 Å². The summed E-state index contributed by atoms with van der Waals surface area (Å²) in [5, 5.41) is 0. The number of rotatable bonds is 1. The van der Waals surface area contributed by atoms with Crippen LogP contribution in [0.4, 0.5) is 0 Å². The number of hydrogen-bond acceptors (Lipinski definition) is 2. The first-order valence-corrected chi connectivity index (χ1v) is 7.20. The standard InChI is InChI=1S/C19H16N2/c1-19(2)15-8-4-3-7-13(15)14-11-18(21-12-16(14)19)17-9-5-6-10-20-17/h3-12H,1-2H3. The van der Waals surface area contributed by atoms with Crippen LogP contribution in [0.5, 0.6) is 0 Å². The molecule has 1 aromatic carbocycles. The summed E-state index contributed by atoms with van der Waals surface area (Å²) < 4.78 is 0. The first kappa shape index (κ1) is 12.3. The molecule has 2 heteroatoms. The zero-order valence-electron chi connectivity index (χ0n) is 12.2. The largest absolute Gasteiger partial charge is 0.255 e. The van der Waals surface area contributed by atoms with Crippen molar-refractivity contribution >= 4 is 0 Å². The molecule has 0 spiro atoms. The van der Waals surface area contributed by atoms with Gasteiger partial charge in [-0.25, -0.2) is 0 Å². The molecule has 3 aromatic rings. The Morgan fingerprint density at radius 2 is 1.57 bits per heavy atom. The van der Waals surface area contributed by atoms with E-state index in [9.17, 15) is 0 Å². The summed E-state index contributed by atoms with van der Waals surface area (Å²) in [4.78, 5) is 9.04. The number of hydrogen-bond donors (Lipinski definition) is 0. The van der Waals surface area contributed by atoms with Crippen LogP contribution in [0.2, 0.25) is 0 Å². The lowest BCUT2D eigenvalue weighted by molar-refractivity contribution is 0.657. The van der Waals surface area contributed by atoms with E-state index < -0.39 is 0 Å². The molecule has 1 aliphatic rings. The molecular weight excluding hydrogens is 256 g/mol. The molecule has 2 aromatic heterocycles. The van der Waals surface area contributed by atoms with Gasteiger partial charge in [0.15, 0.2) is 0 Å². The van der Waals surface area contributed by atoms with Crippen molar-refractivity contribution in [2.24, 2.45) is 0 Å². The summed E-state index contributed by atoms with van der Waals surface area (Å²) >= 11 is 0. The van der Waals surface area contributed by atoms with Crippen molar-refractivity contribution in [3.8, 4) is 22.5 Å². The molecular formula is C19H16N2. The topological polar surface area (TPSA) is 25.8 Å². The zero-order chi connectivity index (χ0) is 14.4. The van der Waals surface area contributed by atoms with Crippen LogP contribution in [0.3, 0.4) is 0 Å². The van der Waals surface area contributed by atoms with Crippen LogP contribution in [0.25, 0.3) is 22.5 Å². The van der Waals surface area contributed by atoms with E-state index in [4.69, 9.17) is 0 Å². The molecule has 102 valence electrons. The molecule has 1 aliphatic carbocycles. The molecule has 0 N–H and O–H groups in total. The van der Waals surface area contributed by atoms with Crippen molar-refractivity contribution in [2.45, 2.75) is 19.3 Å². The second kappa shape index (κ2) is 4.26. The van der Waals surface area contributed by atoms with Crippen LogP contribution >= 0.6 is 0 Å². The number of fused-ring (bicyclic) bond motifs is 3. The van der Waals surface area contributed by atoms with Gasteiger partial charge in [0, 0.05) is 17.8 Å². The minimum absolute atomic E-state index is 0.0154. The highest BCUT2D eigenvalue weighted by Crippen LogP contribution is 2.48. The fourth-order valence-electron chi connectivity index (χ4n) is 3.24. The van der Waals surface area contributed by atoms with E-state index in [-0.39, 0.29) is 5.41 Å². The maximum absolute atomic E-state index is 4.64. The third kappa shape index (κ3) is 1.72. The Bertz CT molecular complexity index is 820. The van der Waals surface area contributed by atoms with Crippen LogP contribution in [-0.4, -0.2) is 9.97 Å². The van der Waals surface area contributed by atoms with Gasteiger partial charge in [0.05, 0.1) is 11.4 Å². The summed E-state index contributed by atoms with van der Waals surface area (Å²) in [6.45, 7) is 4.53. The predicted molar refractivity (Wildman–Crippen MR) is 85.0 cm³/mol. The number of aromatic nitrogens is 2. The van der Waals surface area contributed by atoms with E-state index in [0.29, 0.717) is 0 Å². The zero-order valence-corrected chi connectivity index (χ0v) is 12.2. The molecule has 0 amide bonds. The van der Waals surface area contributed by atoms with Gasteiger partial charge < -0.3 is 0 Å². The molecule has 0 radical (unpaired) electrons. The van der Waals surface area contributed by atoms with E-state index in [0.717, 1.165) is 11.4 Å². The van der Waals surface area contributed by atoms with Crippen molar-refractivity contribution in [2.75, 3.05) is 0 Å². The van der Waals surface area contributed by atoms with Crippen molar-refractivity contribution < 1.29 is 0 Å². The molecule has 0 saturated carbocycles. The van der Waals surface area contributed by atoms with E-state index >= 15 is 0 Å². The first-order chi connectivity index (χ1) is 10.2. The minimum atomic E-state index is 0.0154. The molecule has 2 nitrogen and oxygen atoms in total. The van der Waals surface area contributed by atoms with Crippen molar-refractivity contribution in [1.29, 1.82) is 0 Å². The molecule has 2 heterocycles. The van der Waals surface area contributed by atoms with Crippen LogP contribution in [-0.2, 0) is 5.41 Å². The lowest BCUT2D eigenvalue weighted by atomic mass is 9.83. The Hall–Kier alpha value is -2.48. The molecule has 0 unspecified atom stereocenters. The van der Waals surface area contributed by atoms with E-state index in [1.807, 2.05) is 30.6 Å². The highest BCUT2D eigenvalue weighted by Gasteiger charge is 2.35. The van der Waals surface area contributed by atoms with E-state index in [2.05, 4.69) is 54.1 Å². The van der Waals surface area contributed by atoms with Crippen molar-refractivity contribution in [3.05, 3.63) is 72.1 Å². The van der Waals surface area contributed by atoms with Crippen LogP contribution in [0, 0.1) is 0 Å². The lowest BCUT2D eigenvalue weighted by Crippen LogP contribution is -2.15. The predicted octanol–water partition coefficient (Wildman–Crippen LogP) is 4.45. The summed E-state index contributed by atoms with van der Waals surface area (Å²) in [7, 11) is 0. The van der Waals surface area contributed by atoms with Crippen LogP contribution in [0.15, 0.2) is 60.9 Å². The Morgan fingerprint density at radius 1 is 0.762 bits per heavy atom. The summed E-state index contributed by atoms with van der Waals surface area (Å²) in [6.07, 6.45) is 3.82. The Morgan fingerprint density at radius 3 is 2.38 bits per heavy atom. The average Bonchev–Trinajstić information content (AvgIpc) is 2.77. The molecule has 0 fully saturated rings. The van der Waals surface area contributed by atoms with Gasteiger partial charge >= 0.3 is 0 Å². The van der Waals surface area contributed by atoms with Gasteiger partial charge in [-0.05, 0) is 40.5 Å². The highest BCUT2D eigenvalue weighted by molar-refractivity contribution is 5.82. The van der Waals surface area contributed by atoms with Crippen molar-refractivity contribution in [1.82, 2.24) is 9.97 Å². The maximum Gasteiger partial charge on any atom is 0.0892 e. The number of pyridine rings is 2. The Labute approximate surface area is 124 Å². The SMILES string of the molecule is CC1(C)c2ccccc2-c2cc(-c3ccccn3)ncc21. The lowest BCUT2D eigenvalue weighted by Gasteiger charge is -2.20. The smallest absolute Gasteiger partial charge is 0.0892 e. The fourth-order valence-corrected chi connectivity index (χ4v) is 3.24. The van der Waals surface area contributed by atoms with Gasteiger partial charge in [-0.3, -0.25) is 9.97 Å². The van der Waals surface area contributed by atoms with Gasteiger partial charge in [0.25, 0.3) is 0 Å². The van der Waals surface area contributed by atoms with Gasteiger partial charge in [-0.2, -0.15) is 0 Å². The molecule has 0 atom stereocenters. The van der Waals surface area contributed by atoms with Gasteiger partial charge in [0.1, 0.15) is 0 Å². The fraction of sp³-hybridized carbons (Fsp3) is 0.158. The summed E-state index contributed by atoms with van der Waals surface area (Å²) in [5.74, 6) is 0. The van der Waals surface area contributed by atoms with E-state index in [1.165, 1.54) is 22.3 Å². The monoisotopic (exact) mass is 272 g/mol. The third-order valence-corrected chi connectivity index (χ3v) is 4.40. The minimum Gasteiger partial charge on any atom is -0.255 e. The Balaban J connectivity index is 1.96. The van der Waals surface area contributed by atoms with Crippen LogP contribution < -0.4 is 0 Å². The third-order valence-electron chi connectivity index (χ3n) is 4.40. The van der Waals surface area contributed by atoms with E-state index in [1.54, 1.807) is 0 Å². The summed E-state index contributed by atoms with van der Waals surface area (Å²) in [6, 6.07) is 16.7. The number of benzene rings is 1.